The van der Waals surface area contributed by atoms with Crippen LogP contribution in [-0.2, 0) is 15.1 Å². The molecule has 0 amide bonds. The number of ether oxygens (including phenoxy) is 1. The molecule has 33 heavy (non-hydrogen) atoms. The molecular weight excluding hydrogens is 415 g/mol. The molecule has 0 heterocycles. The Morgan fingerprint density at radius 2 is 1.45 bits per heavy atom. The minimum atomic E-state index is -1.10. The molecule has 0 radical (unpaired) electrons. The molecule has 3 nitrogen and oxygen atoms in total. The second kappa shape index (κ2) is 9.95. The number of halogens is 1. The summed E-state index contributed by atoms with van der Waals surface area (Å²) in [4.78, 5) is 25.4. The number of benzene rings is 3. The van der Waals surface area contributed by atoms with Crippen LogP contribution in [0, 0.1) is 17.7 Å². The van der Waals surface area contributed by atoms with Gasteiger partial charge in [0.1, 0.15) is 5.82 Å². The Morgan fingerprint density at radius 1 is 0.879 bits per heavy atom. The Hall–Kier alpha value is -3.53. The molecule has 0 unspecified atom stereocenters. The lowest BCUT2D eigenvalue weighted by Crippen LogP contribution is -2.31. The number of esters is 1. The Labute approximate surface area is 193 Å². The van der Waals surface area contributed by atoms with E-state index in [1.807, 2.05) is 72.8 Å². The molecule has 2 atom stereocenters. The molecule has 0 aromatic heterocycles. The van der Waals surface area contributed by atoms with Crippen LogP contribution in [0.25, 0.3) is 0 Å². The summed E-state index contributed by atoms with van der Waals surface area (Å²) in [6.07, 6.45) is 6.54. The van der Waals surface area contributed by atoms with Gasteiger partial charge in [0, 0.05) is 29.5 Å². The highest BCUT2D eigenvalue weighted by Crippen LogP contribution is 2.40. The average molecular weight is 443 g/mol. The van der Waals surface area contributed by atoms with Gasteiger partial charge < -0.3 is 4.74 Å². The zero-order chi connectivity index (χ0) is 23.3. The van der Waals surface area contributed by atoms with Crippen molar-refractivity contribution in [3.05, 3.63) is 120 Å². The molecule has 3 aromatic rings. The van der Waals surface area contributed by atoms with Gasteiger partial charge in [-0.05, 0) is 49.1 Å². The summed E-state index contributed by atoms with van der Waals surface area (Å²) in [6.45, 7) is 1.41. The number of hydrogen-bond donors (Lipinski definition) is 0. The first kappa shape index (κ1) is 22.7. The summed E-state index contributed by atoms with van der Waals surface area (Å²) >= 11 is 0. The Bertz CT molecular complexity index is 1080. The predicted octanol–water partition coefficient (Wildman–Crippen LogP) is 6.49. The molecule has 0 aliphatic heterocycles. The molecule has 3 aromatic carbocycles. The van der Waals surface area contributed by atoms with Gasteiger partial charge in [0.05, 0.1) is 0 Å². The number of Topliss-reactive ketones (excluding diaryl/α,β-unsaturated/α-hetero) is 1. The fraction of sp³-hybridized carbons (Fsp3) is 0.241. The molecule has 0 saturated heterocycles. The first-order valence-electron chi connectivity index (χ1n) is 11.3. The van der Waals surface area contributed by atoms with E-state index in [1.54, 1.807) is 12.1 Å². The third-order valence-electron chi connectivity index (χ3n) is 6.32. The fourth-order valence-electron chi connectivity index (χ4n) is 4.74. The van der Waals surface area contributed by atoms with E-state index in [9.17, 15) is 14.0 Å². The third-order valence-corrected chi connectivity index (χ3v) is 6.32. The zero-order valence-electron chi connectivity index (χ0n) is 18.6. The molecule has 1 aliphatic rings. The van der Waals surface area contributed by atoms with Gasteiger partial charge in [-0.15, -0.1) is 0 Å². The highest BCUT2D eigenvalue weighted by Gasteiger charge is 2.37. The van der Waals surface area contributed by atoms with Gasteiger partial charge in [-0.2, -0.15) is 0 Å². The molecule has 1 saturated carbocycles. The summed E-state index contributed by atoms with van der Waals surface area (Å²) < 4.78 is 19.3. The van der Waals surface area contributed by atoms with Crippen LogP contribution in [0.15, 0.2) is 97.1 Å². The van der Waals surface area contributed by atoms with Crippen molar-refractivity contribution in [3.8, 4) is 0 Å². The van der Waals surface area contributed by atoms with Crippen molar-refractivity contribution in [2.75, 3.05) is 0 Å². The van der Waals surface area contributed by atoms with E-state index in [1.165, 1.54) is 19.1 Å². The van der Waals surface area contributed by atoms with Gasteiger partial charge in [0.25, 0.3) is 0 Å². The average Bonchev–Trinajstić information content (AvgIpc) is 3.31. The number of carbonyl (C=O) groups is 2. The van der Waals surface area contributed by atoms with Crippen molar-refractivity contribution in [1.82, 2.24) is 0 Å². The van der Waals surface area contributed by atoms with E-state index in [2.05, 4.69) is 0 Å². The van der Waals surface area contributed by atoms with Crippen LogP contribution in [0.5, 0.6) is 0 Å². The van der Waals surface area contributed by atoms with Crippen molar-refractivity contribution in [2.24, 2.45) is 11.8 Å². The highest BCUT2D eigenvalue weighted by molar-refractivity contribution is 5.98. The van der Waals surface area contributed by atoms with Crippen molar-refractivity contribution in [2.45, 2.75) is 31.8 Å². The zero-order valence-corrected chi connectivity index (χ0v) is 18.6. The minimum absolute atomic E-state index is 0.00455. The molecule has 0 N–H and O–H groups in total. The molecule has 1 aliphatic carbocycles. The molecular formula is C29H27FO3. The topological polar surface area (TPSA) is 43.4 Å². The lowest BCUT2D eigenvalue weighted by Gasteiger charge is -2.32. The van der Waals surface area contributed by atoms with E-state index < -0.39 is 11.6 Å². The molecule has 4 heteroatoms. The van der Waals surface area contributed by atoms with Crippen LogP contribution < -0.4 is 0 Å². The number of carbonyl (C=O) groups excluding carboxylic acids is 2. The van der Waals surface area contributed by atoms with Crippen molar-refractivity contribution < 1.29 is 18.7 Å². The number of rotatable bonds is 7. The Kier molecular flexibility index (Phi) is 6.83. The lowest BCUT2D eigenvalue weighted by molar-refractivity contribution is -0.150. The normalized spacial score (nSPS) is 18.4. The Balaban J connectivity index is 1.72. The van der Waals surface area contributed by atoms with Crippen LogP contribution in [0.4, 0.5) is 4.39 Å². The SMILES string of the molecule is CC(=O)OC(/C=C/[C@H]1CCC[C@@H]1C(=O)c1ccc(F)cc1)(c1ccccc1)c1ccccc1. The van der Waals surface area contributed by atoms with E-state index in [0.717, 1.165) is 30.4 Å². The molecule has 168 valence electrons. The van der Waals surface area contributed by atoms with Gasteiger partial charge in [-0.3, -0.25) is 9.59 Å². The third kappa shape index (κ3) is 4.95. The molecule has 0 bridgehead atoms. The van der Waals surface area contributed by atoms with E-state index >= 15 is 0 Å². The number of ketones is 1. The predicted molar refractivity (Wildman–Crippen MR) is 126 cm³/mol. The second-order valence-corrected chi connectivity index (χ2v) is 8.49. The summed E-state index contributed by atoms with van der Waals surface area (Å²) in [7, 11) is 0. The number of allylic oxidation sites excluding steroid dienone is 1. The van der Waals surface area contributed by atoms with Crippen LogP contribution in [-0.4, -0.2) is 11.8 Å². The summed E-state index contributed by atoms with van der Waals surface area (Å²) in [5.74, 6) is -0.901. The standard InChI is InChI=1S/C29H27FO3/c1-21(31)33-29(24-10-4-2-5-11-24,25-12-6-3-7-13-25)20-19-22-9-8-14-27(22)28(32)23-15-17-26(30)18-16-23/h2-7,10-13,15-20,22,27H,8-9,14H2,1H3/b20-19+/t22-,27+/m1/s1. The van der Waals surface area contributed by atoms with Crippen LogP contribution in [0.1, 0.15) is 47.7 Å². The first-order valence-corrected chi connectivity index (χ1v) is 11.3. The van der Waals surface area contributed by atoms with E-state index in [4.69, 9.17) is 4.74 Å². The molecule has 0 spiro atoms. The maximum absolute atomic E-state index is 13.3. The fourth-order valence-corrected chi connectivity index (χ4v) is 4.74. The molecule has 4 rings (SSSR count). The maximum Gasteiger partial charge on any atom is 0.304 e. The van der Waals surface area contributed by atoms with Gasteiger partial charge in [0.2, 0.25) is 0 Å². The first-order chi connectivity index (χ1) is 16.0. The minimum Gasteiger partial charge on any atom is -0.445 e. The van der Waals surface area contributed by atoms with Crippen molar-refractivity contribution >= 4 is 11.8 Å². The van der Waals surface area contributed by atoms with Gasteiger partial charge >= 0.3 is 5.97 Å². The van der Waals surface area contributed by atoms with Crippen LogP contribution >= 0.6 is 0 Å². The maximum atomic E-state index is 13.3. The van der Waals surface area contributed by atoms with E-state index in [0.29, 0.717) is 5.56 Å². The van der Waals surface area contributed by atoms with Gasteiger partial charge in [0.15, 0.2) is 11.4 Å². The van der Waals surface area contributed by atoms with Gasteiger partial charge in [-0.25, -0.2) is 4.39 Å². The molecule has 1 fully saturated rings. The largest absolute Gasteiger partial charge is 0.445 e. The van der Waals surface area contributed by atoms with Crippen LogP contribution in [0.3, 0.4) is 0 Å². The highest BCUT2D eigenvalue weighted by atomic mass is 19.1. The van der Waals surface area contributed by atoms with Crippen molar-refractivity contribution in [1.29, 1.82) is 0 Å². The van der Waals surface area contributed by atoms with Crippen LogP contribution in [0.2, 0.25) is 0 Å². The van der Waals surface area contributed by atoms with E-state index in [-0.39, 0.29) is 23.4 Å². The second-order valence-electron chi connectivity index (χ2n) is 8.49. The quantitative estimate of drug-likeness (QED) is 0.239. The van der Waals surface area contributed by atoms with Crippen molar-refractivity contribution in [3.63, 3.8) is 0 Å². The summed E-state index contributed by atoms with van der Waals surface area (Å²) in [5, 5.41) is 0. The summed E-state index contributed by atoms with van der Waals surface area (Å²) in [5.41, 5.74) is 1.10. The smallest absolute Gasteiger partial charge is 0.304 e. The number of hydrogen-bond acceptors (Lipinski definition) is 3. The lowest BCUT2D eigenvalue weighted by atomic mass is 9.82. The monoisotopic (exact) mass is 442 g/mol. The summed E-state index contributed by atoms with van der Waals surface area (Å²) in [6, 6.07) is 25.0. The Morgan fingerprint density at radius 3 is 2.00 bits per heavy atom. The van der Waals surface area contributed by atoms with Gasteiger partial charge in [-0.1, -0.05) is 73.2 Å².